The van der Waals surface area contributed by atoms with Gasteiger partial charge in [-0.3, -0.25) is 4.99 Å². The Morgan fingerprint density at radius 1 is 1.32 bits per heavy atom. The minimum Gasteiger partial charge on any atom is -0.385 e. The van der Waals surface area contributed by atoms with Crippen molar-refractivity contribution in [2.45, 2.75) is 32.1 Å². The monoisotopic (exact) mass is 285 g/mol. The molecule has 1 aliphatic heterocycles. The van der Waals surface area contributed by atoms with Crippen molar-refractivity contribution >= 4 is 17.7 Å². The van der Waals surface area contributed by atoms with Gasteiger partial charge in [-0.2, -0.15) is 11.8 Å². The number of aliphatic imine (C=N–C) groups is 1. The largest absolute Gasteiger partial charge is 0.385 e. The molecule has 2 fully saturated rings. The van der Waals surface area contributed by atoms with Crippen molar-refractivity contribution in [2.24, 2.45) is 16.1 Å². The predicted molar refractivity (Wildman–Crippen MR) is 82.8 cm³/mol. The molecule has 0 bridgehead atoms. The lowest BCUT2D eigenvalue weighted by atomic mass is 9.83. The summed E-state index contributed by atoms with van der Waals surface area (Å²) in [5.41, 5.74) is 6.50. The van der Waals surface area contributed by atoms with E-state index in [1.165, 1.54) is 37.2 Å². The summed E-state index contributed by atoms with van der Waals surface area (Å²) in [7, 11) is 1.78. The van der Waals surface area contributed by atoms with E-state index in [9.17, 15) is 0 Å². The van der Waals surface area contributed by atoms with Gasteiger partial charge in [-0.05, 0) is 24.7 Å². The fourth-order valence-electron chi connectivity index (χ4n) is 3.07. The van der Waals surface area contributed by atoms with Crippen LogP contribution in [0.1, 0.15) is 32.1 Å². The van der Waals surface area contributed by atoms with Gasteiger partial charge >= 0.3 is 0 Å². The van der Waals surface area contributed by atoms with E-state index in [1.54, 1.807) is 7.11 Å². The van der Waals surface area contributed by atoms with E-state index in [1.807, 2.05) is 11.8 Å². The first-order valence-electron chi connectivity index (χ1n) is 7.37. The molecule has 1 aliphatic carbocycles. The van der Waals surface area contributed by atoms with Crippen LogP contribution in [0, 0.1) is 5.41 Å². The maximum Gasteiger partial charge on any atom is 0.191 e. The Balaban J connectivity index is 1.89. The molecule has 1 saturated carbocycles. The van der Waals surface area contributed by atoms with Crippen LogP contribution in [0.2, 0.25) is 0 Å². The summed E-state index contributed by atoms with van der Waals surface area (Å²) in [6.07, 6.45) is 6.35. The Kier molecular flexibility index (Phi) is 5.82. The van der Waals surface area contributed by atoms with Gasteiger partial charge in [-0.1, -0.05) is 12.8 Å². The molecule has 0 aromatic rings. The normalized spacial score (nSPS) is 23.8. The lowest BCUT2D eigenvalue weighted by molar-refractivity contribution is 0.141. The molecule has 2 rings (SSSR count). The summed E-state index contributed by atoms with van der Waals surface area (Å²) >= 11 is 2.00. The Hall–Kier alpha value is -0.420. The molecular formula is C14H27N3OS. The Morgan fingerprint density at radius 2 is 2.00 bits per heavy atom. The van der Waals surface area contributed by atoms with E-state index < -0.39 is 0 Å². The van der Waals surface area contributed by atoms with Gasteiger partial charge in [0.25, 0.3) is 0 Å². The van der Waals surface area contributed by atoms with E-state index in [2.05, 4.69) is 4.90 Å². The molecule has 1 saturated heterocycles. The summed E-state index contributed by atoms with van der Waals surface area (Å²) in [6, 6.07) is 0. The summed E-state index contributed by atoms with van der Waals surface area (Å²) in [5.74, 6) is 3.10. The molecule has 0 atom stereocenters. The zero-order valence-electron chi connectivity index (χ0n) is 12.1. The molecule has 0 spiro atoms. The lowest BCUT2D eigenvalue weighted by Gasteiger charge is -2.30. The maximum atomic E-state index is 6.15. The van der Waals surface area contributed by atoms with Gasteiger partial charge in [0.05, 0.1) is 0 Å². The number of thioether (sulfide) groups is 1. The third kappa shape index (κ3) is 4.28. The van der Waals surface area contributed by atoms with E-state index in [-0.39, 0.29) is 0 Å². The third-order valence-electron chi connectivity index (χ3n) is 4.41. The molecule has 0 radical (unpaired) electrons. The second kappa shape index (κ2) is 7.39. The average molecular weight is 285 g/mol. The van der Waals surface area contributed by atoms with Crippen LogP contribution in [0.25, 0.3) is 0 Å². The molecule has 110 valence electrons. The Morgan fingerprint density at radius 3 is 2.63 bits per heavy atom. The SMILES string of the molecule is COCCC1(CN=C(N)N2CCSCC2)CCCC1. The molecule has 0 aromatic carbocycles. The van der Waals surface area contributed by atoms with E-state index >= 15 is 0 Å². The second-order valence-corrected chi connectivity index (χ2v) is 6.95. The molecule has 0 unspecified atom stereocenters. The number of nitrogens with two attached hydrogens (primary N) is 1. The molecule has 5 heteroatoms. The number of hydrogen-bond acceptors (Lipinski definition) is 3. The number of rotatable bonds is 5. The van der Waals surface area contributed by atoms with Crippen LogP contribution in [0.3, 0.4) is 0 Å². The first kappa shape index (κ1) is 15.0. The van der Waals surface area contributed by atoms with Gasteiger partial charge in [0.2, 0.25) is 0 Å². The fraction of sp³-hybridized carbons (Fsp3) is 0.929. The Bertz CT molecular complexity index is 297. The van der Waals surface area contributed by atoms with E-state index in [4.69, 9.17) is 15.5 Å². The van der Waals surface area contributed by atoms with Crippen LogP contribution >= 0.6 is 11.8 Å². The number of hydrogen-bond donors (Lipinski definition) is 1. The molecule has 2 N–H and O–H groups in total. The maximum absolute atomic E-state index is 6.15. The zero-order chi connectivity index (χ0) is 13.6. The average Bonchev–Trinajstić information content (AvgIpc) is 2.93. The van der Waals surface area contributed by atoms with Crippen LogP contribution < -0.4 is 5.73 Å². The van der Waals surface area contributed by atoms with Crippen molar-refractivity contribution in [2.75, 3.05) is 44.9 Å². The van der Waals surface area contributed by atoms with Crippen molar-refractivity contribution < 1.29 is 4.74 Å². The topological polar surface area (TPSA) is 50.9 Å². The summed E-state index contributed by atoms with van der Waals surface area (Å²) in [6.45, 7) is 3.82. The highest BCUT2D eigenvalue weighted by atomic mass is 32.2. The first-order valence-corrected chi connectivity index (χ1v) is 8.53. The molecule has 19 heavy (non-hydrogen) atoms. The highest BCUT2D eigenvalue weighted by Crippen LogP contribution is 2.41. The van der Waals surface area contributed by atoms with Crippen LogP contribution in [-0.4, -0.2) is 55.7 Å². The summed E-state index contributed by atoms with van der Waals surface area (Å²) < 4.78 is 5.26. The minimum absolute atomic E-state index is 0.352. The minimum atomic E-state index is 0.352. The van der Waals surface area contributed by atoms with Crippen molar-refractivity contribution in [1.82, 2.24) is 4.90 Å². The third-order valence-corrected chi connectivity index (χ3v) is 5.35. The van der Waals surface area contributed by atoms with E-state index in [0.717, 1.165) is 38.6 Å². The van der Waals surface area contributed by atoms with Crippen LogP contribution in [0.5, 0.6) is 0 Å². The zero-order valence-corrected chi connectivity index (χ0v) is 12.9. The van der Waals surface area contributed by atoms with Crippen molar-refractivity contribution in [3.8, 4) is 0 Å². The second-order valence-electron chi connectivity index (χ2n) is 5.72. The Labute approximate surface area is 121 Å². The molecule has 2 aliphatic rings. The number of methoxy groups -OCH3 is 1. The van der Waals surface area contributed by atoms with Gasteiger partial charge in [0.15, 0.2) is 5.96 Å². The molecule has 4 nitrogen and oxygen atoms in total. The highest BCUT2D eigenvalue weighted by molar-refractivity contribution is 7.99. The smallest absolute Gasteiger partial charge is 0.191 e. The predicted octanol–water partition coefficient (Wildman–Crippen LogP) is 1.95. The molecule has 1 heterocycles. The lowest BCUT2D eigenvalue weighted by Crippen LogP contribution is -2.43. The van der Waals surface area contributed by atoms with E-state index in [0.29, 0.717) is 5.41 Å². The van der Waals surface area contributed by atoms with Crippen LogP contribution in [0.4, 0.5) is 0 Å². The number of ether oxygens (including phenoxy) is 1. The number of nitrogens with zero attached hydrogens (tertiary/aromatic N) is 2. The fourth-order valence-corrected chi connectivity index (χ4v) is 3.97. The first-order chi connectivity index (χ1) is 9.26. The molecule has 0 amide bonds. The van der Waals surface area contributed by atoms with Gasteiger partial charge < -0.3 is 15.4 Å². The van der Waals surface area contributed by atoms with Crippen molar-refractivity contribution in [1.29, 1.82) is 0 Å². The van der Waals surface area contributed by atoms with Crippen molar-refractivity contribution in [3.63, 3.8) is 0 Å². The summed E-state index contributed by atoms with van der Waals surface area (Å²) in [5, 5.41) is 0. The summed E-state index contributed by atoms with van der Waals surface area (Å²) in [4.78, 5) is 6.94. The van der Waals surface area contributed by atoms with Crippen molar-refractivity contribution in [3.05, 3.63) is 0 Å². The molecule has 0 aromatic heterocycles. The van der Waals surface area contributed by atoms with Crippen LogP contribution in [0.15, 0.2) is 4.99 Å². The highest BCUT2D eigenvalue weighted by Gasteiger charge is 2.33. The quantitative estimate of drug-likeness (QED) is 0.619. The van der Waals surface area contributed by atoms with Gasteiger partial charge in [-0.25, -0.2) is 0 Å². The number of guanidine groups is 1. The molecular weight excluding hydrogens is 258 g/mol. The standard InChI is InChI=1S/C14H27N3OS/c1-18-9-6-14(4-2-3-5-14)12-16-13(15)17-7-10-19-11-8-17/h2-12H2,1H3,(H2,15,16). The van der Waals surface area contributed by atoms with Gasteiger partial charge in [0.1, 0.15) is 0 Å². The van der Waals surface area contributed by atoms with Gasteiger partial charge in [-0.15, -0.1) is 0 Å². The van der Waals surface area contributed by atoms with Crippen LogP contribution in [-0.2, 0) is 4.74 Å². The van der Waals surface area contributed by atoms with Gasteiger partial charge in [0, 0.05) is 44.9 Å².